The third-order valence-corrected chi connectivity index (χ3v) is 5.70. The van der Waals surface area contributed by atoms with Gasteiger partial charge in [-0.05, 0) is 43.3 Å². The van der Waals surface area contributed by atoms with E-state index in [1.165, 1.54) is 4.90 Å². The quantitative estimate of drug-likeness (QED) is 0.446. The van der Waals surface area contributed by atoms with Crippen LogP contribution in [0.25, 0.3) is 5.76 Å². The largest absolute Gasteiger partial charge is 0.507 e. The maximum absolute atomic E-state index is 12.9. The van der Waals surface area contributed by atoms with Crippen molar-refractivity contribution in [2.75, 3.05) is 39.4 Å². The summed E-state index contributed by atoms with van der Waals surface area (Å²) in [5.74, 6) is -0.487. The summed E-state index contributed by atoms with van der Waals surface area (Å²) in [6.45, 7) is 5.59. The number of aliphatic hydroxyl groups excluding tert-OH is 1. The van der Waals surface area contributed by atoms with Crippen molar-refractivity contribution in [3.8, 4) is 0 Å². The second-order valence-corrected chi connectivity index (χ2v) is 7.84. The van der Waals surface area contributed by atoms with Crippen LogP contribution in [0.15, 0.2) is 46.4 Å². The summed E-state index contributed by atoms with van der Waals surface area (Å²) >= 11 is 5.94. The lowest BCUT2D eigenvalue weighted by Crippen LogP contribution is -2.42. The molecule has 1 aromatic heterocycles. The summed E-state index contributed by atoms with van der Waals surface area (Å²) < 4.78 is 11.1. The number of rotatable bonds is 5. The minimum absolute atomic E-state index is 0.0265. The first kappa shape index (κ1) is 20.7. The second kappa shape index (κ2) is 8.63. The highest BCUT2D eigenvalue weighted by Crippen LogP contribution is 2.40. The predicted molar refractivity (Wildman–Crippen MR) is 111 cm³/mol. The van der Waals surface area contributed by atoms with Crippen LogP contribution in [0.2, 0.25) is 5.02 Å². The molecule has 1 atom stereocenters. The van der Waals surface area contributed by atoms with Crippen LogP contribution >= 0.6 is 11.6 Å². The molecule has 0 bridgehead atoms. The van der Waals surface area contributed by atoms with Gasteiger partial charge < -0.3 is 19.2 Å². The van der Waals surface area contributed by atoms with E-state index in [1.807, 2.05) is 0 Å². The number of ether oxygens (including phenoxy) is 1. The number of carbonyl (C=O) groups is 2. The molecule has 30 heavy (non-hydrogen) atoms. The highest BCUT2D eigenvalue weighted by molar-refractivity contribution is 6.46. The lowest BCUT2D eigenvalue weighted by atomic mass is 9.99. The van der Waals surface area contributed by atoms with Crippen molar-refractivity contribution in [1.82, 2.24) is 9.80 Å². The van der Waals surface area contributed by atoms with Crippen molar-refractivity contribution in [3.63, 3.8) is 0 Å². The van der Waals surface area contributed by atoms with Gasteiger partial charge in [-0.1, -0.05) is 11.6 Å². The maximum Gasteiger partial charge on any atom is 0.295 e. The lowest BCUT2D eigenvalue weighted by molar-refractivity contribution is -0.140. The van der Waals surface area contributed by atoms with Gasteiger partial charge in [-0.3, -0.25) is 14.5 Å². The van der Waals surface area contributed by atoms with Crippen molar-refractivity contribution in [2.45, 2.75) is 13.0 Å². The number of aliphatic hydroxyl groups is 1. The minimum Gasteiger partial charge on any atom is -0.507 e. The Bertz CT molecular complexity index is 976. The summed E-state index contributed by atoms with van der Waals surface area (Å²) in [5, 5.41) is 11.5. The first-order chi connectivity index (χ1) is 14.5. The van der Waals surface area contributed by atoms with Crippen LogP contribution in [-0.2, 0) is 14.3 Å². The van der Waals surface area contributed by atoms with Gasteiger partial charge in [0.05, 0.1) is 18.8 Å². The zero-order chi connectivity index (χ0) is 21.3. The molecule has 158 valence electrons. The Labute approximate surface area is 179 Å². The molecule has 2 aliphatic heterocycles. The number of likely N-dealkylation sites (tertiary alicyclic amines) is 1. The third-order valence-electron chi connectivity index (χ3n) is 5.45. The van der Waals surface area contributed by atoms with E-state index in [-0.39, 0.29) is 11.3 Å². The molecule has 8 heteroatoms. The molecule has 7 nitrogen and oxygen atoms in total. The molecular formula is C22H23ClN2O5. The van der Waals surface area contributed by atoms with Gasteiger partial charge in [-0.25, -0.2) is 0 Å². The van der Waals surface area contributed by atoms with Crippen LogP contribution in [0.3, 0.4) is 0 Å². The van der Waals surface area contributed by atoms with Crippen LogP contribution in [-0.4, -0.2) is 66.0 Å². The van der Waals surface area contributed by atoms with E-state index in [0.29, 0.717) is 48.4 Å². The SMILES string of the molecule is Cc1ccc([C@@H]2/C(=C(\O)c3ccc(Cl)cc3)C(=O)C(=O)N2CCN2CCOCC2)o1. The molecule has 1 N–H and O–H groups in total. The third kappa shape index (κ3) is 4.01. The van der Waals surface area contributed by atoms with Crippen molar-refractivity contribution >= 4 is 29.1 Å². The molecule has 0 aliphatic carbocycles. The fraction of sp³-hybridized carbons (Fsp3) is 0.364. The van der Waals surface area contributed by atoms with Gasteiger partial charge in [0, 0.05) is 36.8 Å². The molecule has 0 radical (unpaired) electrons. The van der Waals surface area contributed by atoms with Gasteiger partial charge in [0.25, 0.3) is 11.7 Å². The fourth-order valence-corrected chi connectivity index (χ4v) is 3.97. The fourth-order valence-electron chi connectivity index (χ4n) is 3.84. The van der Waals surface area contributed by atoms with Crippen LogP contribution in [0.1, 0.15) is 23.1 Å². The zero-order valence-corrected chi connectivity index (χ0v) is 17.4. The molecule has 0 spiro atoms. The molecular weight excluding hydrogens is 408 g/mol. The number of ketones is 1. The predicted octanol–water partition coefficient (Wildman–Crippen LogP) is 3.00. The van der Waals surface area contributed by atoms with Crippen molar-refractivity contribution in [3.05, 3.63) is 64.1 Å². The molecule has 1 aromatic carbocycles. The van der Waals surface area contributed by atoms with Crippen molar-refractivity contribution in [1.29, 1.82) is 0 Å². The number of nitrogens with zero attached hydrogens (tertiary/aromatic N) is 2. The van der Waals surface area contributed by atoms with E-state index in [4.69, 9.17) is 20.8 Å². The first-order valence-corrected chi connectivity index (χ1v) is 10.2. The van der Waals surface area contributed by atoms with E-state index in [0.717, 1.165) is 13.1 Å². The minimum atomic E-state index is -0.782. The summed E-state index contributed by atoms with van der Waals surface area (Å²) in [7, 11) is 0. The molecule has 2 aliphatic rings. The normalized spacial score (nSPS) is 22.1. The Morgan fingerprint density at radius 1 is 1.10 bits per heavy atom. The summed E-state index contributed by atoms with van der Waals surface area (Å²) in [5.41, 5.74) is 0.442. The molecule has 1 amide bonds. The highest BCUT2D eigenvalue weighted by Gasteiger charge is 2.47. The molecule has 2 aromatic rings. The number of benzene rings is 1. The van der Waals surface area contributed by atoms with E-state index in [2.05, 4.69) is 4.90 Å². The molecule has 0 saturated carbocycles. The average Bonchev–Trinajstić information content (AvgIpc) is 3.28. The number of morpholine rings is 1. The van der Waals surface area contributed by atoms with Gasteiger partial charge in [-0.15, -0.1) is 0 Å². The smallest absolute Gasteiger partial charge is 0.295 e. The van der Waals surface area contributed by atoms with Gasteiger partial charge in [0.2, 0.25) is 0 Å². The maximum atomic E-state index is 12.9. The molecule has 0 unspecified atom stereocenters. The number of hydrogen-bond donors (Lipinski definition) is 1. The Kier molecular flexibility index (Phi) is 5.94. The van der Waals surface area contributed by atoms with E-state index >= 15 is 0 Å². The van der Waals surface area contributed by atoms with Crippen molar-refractivity contribution in [2.24, 2.45) is 0 Å². The molecule has 2 fully saturated rings. The molecule has 4 rings (SSSR count). The van der Waals surface area contributed by atoms with Crippen LogP contribution in [0.4, 0.5) is 0 Å². The van der Waals surface area contributed by atoms with Gasteiger partial charge in [-0.2, -0.15) is 0 Å². The zero-order valence-electron chi connectivity index (χ0n) is 16.6. The van der Waals surface area contributed by atoms with Gasteiger partial charge in [0.15, 0.2) is 0 Å². The Balaban J connectivity index is 1.70. The Morgan fingerprint density at radius 2 is 1.80 bits per heavy atom. The van der Waals surface area contributed by atoms with E-state index < -0.39 is 17.7 Å². The Hall–Kier alpha value is -2.61. The monoisotopic (exact) mass is 430 g/mol. The number of halogens is 1. The molecule has 2 saturated heterocycles. The number of aryl methyl sites for hydroxylation is 1. The van der Waals surface area contributed by atoms with Crippen LogP contribution < -0.4 is 0 Å². The molecule has 3 heterocycles. The number of hydrogen-bond acceptors (Lipinski definition) is 6. The van der Waals surface area contributed by atoms with E-state index in [1.54, 1.807) is 43.3 Å². The first-order valence-electron chi connectivity index (χ1n) is 9.86. The second-order valence-electron chi connectivity index (χ2n) is 7.40. The highest BCUT2D eigenvalue weighted by atomic mass is 35.5. The van der Waals surface area contributed by atoms with Gasteiger partial charge >= 0.3 is 0 Å². The van der Waals surface area contributed by atoms with Gasteiger partial charge in [0.1, 0.15) is 23.3 Å². The standard InChI is InChI=1S/C22H23ClN2O5/c1-14-2-7-17(30-14)19-18(20(26)15-3-5-16(23)6-4-15)21(27)22(28)25(19)9-8-24-10-12-29-13-11-24/h2-7,19,26H,8-13H2,1H3/b20-18+/t19-/m1/s1. The van der Waals surface area contributed by atoms with Crippen molar-refractivity contribution < 1.29 is 23.8 Å². The topological polar surface area (TPSA) is 83.2 Å². The summed E-state index contributed by atoms with van der Waals surface area (Å²) in [6.07, 6.45) is 0. The van der Waals surface area contributed by atoms with E-state index in [9.17, 15) is 14.7 Å². The number of Topliss-reactive ketones (excluding diaryl/α,β-unsaturated/α-hetero) is 1. The number of carbonyl (C=O) groups excluding carboxylic acids is 2. The van der Waals surface area contributed by atoms with Crippen LogP contribution in [0.5, 0.6) is 0 Å². The average molecular weight is 431 g/mol. The summed E-state index contributed by atoms with van der Waals surface area (Å²) in [4.78, 5) is 29.5. The lowest BCUT2D eigenvalue weighted by Gasteiger charge is -2.30. The van der Waals surface area contributed by atoms with Crippen LogP contribution in [0, 0.1) is 6.92 Å². The number of amides is 1. The Morgan fingerprint density at radius 3 is 2.43 bits per heavy atom. The summed E-state index contributed by atoms with van der Waals surface area (Å²) in [6, 6.07) is 9.21. The number of furan rings is 1.